The lowest BCUT2D eigenvalue weighted by atomic mass is 10.0. The Balaban J connectivity index is 1.74. The molecule has 0 fully saturated rings. The first-order valence-electron chi connectivity index (χ1n) is 9.86. The van der Waals surface area contributed by atoms with Crippen LogP contribution in [0, 0.1) is 18.6 Å². The van der Waals surface area contributed by atoms with Gasteiger partial charge in [0, 0.05) is 12.2 Å². The summed E-state index contributed by atoms with van der Waals surface area (Å²) >= 11 is 1.52. The Labute approximate surface area is 179 Å². The third kappa shape index (κ3) is 5.89. The number of amides is 1. The van der Waals surface area contributed by atoms with Crippen molar-refractivity contribution in [1.29, 1.82) is 0 Å². The van der Waals surface area contributed by atoms with Crippen molar-refractivity contribution in [3.63, 3.8) is 0 Å². The molecule has 3 aromatic rings. The van der Waals surface area contributed by atoms with Crippen LogP contribution >= 0.6 is 11.8 Å². The fraction of sp³-hybridized carbons (Fsp3) is 0.250. The molecule has 3 rings (SSSR count). The lowest BCUT2D eigenvalue weighted by molar-refractivity contribution is 0.0946. The van der Waals surface area contributed by atoms with Crippen molar-refractivity contribution in [1.82, 2.24) is 10.3 Å². The van der Waals surface area contributed by atoms with Crippen LogP contribution in [-0.2, 0) is 19.4 Å². The zero-order valence-electron chi connectivity index (χ0n) is 17.0. The number of halogens is 2. The molecule has 0 atom stereocenters. The van der Waals surface area contributed by atoms with Crippen LogP contribution in [0.1, 0.15) is 39.7 Å². The van der Waals surface area contributed by atoms with E-state index in [4.69, 9.17) is 4.98 Å². The molecule has 0 spiro atoms. The van der Waals surface area contributed by atoms with Crippen molar-refractivity contribution in [2.45, 2.75) is 38.3 Å². The quantitative estimate of drug-likeness (QED) is 0.484. The van der Waals surface area contributed by atoms with Crippen LogP contribution in [0.2, 0.25) is 0 Å². The number of hydrogen-bond donors (Lipinski definition) is 1. The summed E-state index contributed by atoms with van der Waals surface area (Å²) in [6.45, 7) is 4.17. The second-order valence-electron chi connectivity index (χ2n) is 6.98. The van der Waals surface area contributed by atoms with Crippen LogP contribution in [-0.4, -0.2) is 16.6 Å². The molecule has 0 aliphatic heterocycles. The maximum atomic E-state index is 13.4. The molecule has 0 radical (unpaired) electrons. The molecule has 6 heteroatoms. The molecule has 30 heavy (non-hydrogen) atoms. The highest BCUT2D eigenvalue weighted by Crippen LogP contribution is 2.25. The zero-order valence-corrected chi connectivity index (χ0v) is 17.9. The summed E-state index contributed by atoms with van der Waals surface area (Å²) in [5.41, 5.74) is 4.05. The number of pyridine rings is 1. The fourth-order valence-electron chi connectivity index (χ4n) is 3.20. The third-order valence-electron chi connectivity index (χ3n) is 4.67. The number of aromatic nitrogens is 1. The van der Waals surface area contributed by atoms with Gasteiger partial charge in [0.15, 0.2) is 0 Å². The van der Waals surface area contributed by atoms with Crippen molar-refractivity contribution in [2.75, 3.05) is 5.75 Å². The van der Waals surface area contributed by atoms with Crippen LogP contribution in [0.5, 0.6) is 0 Å². The summed E-state index contributed by atoms with van der Waals surface area (Å²) in [6.07, 6.45) is 1.45. The molecule has 156 valence electrons. The van der Waals surface area contributed by atoms with Crippen molar-refractivity contribution < 1.29 is 13.6 Å². The minimum atomic E-state index is -0.327. The van der Waals surface area contributed by atoms with Crippen LogP contribution < -0.4 is 5.32 Å². The van der Waals surface area contributed by atoms with E-state index < -0.39 is 0 Å². The first kappa shape index (κ1) is 22.0. The molecule has 1 amide bonds. The van der Waals surface area contributed by atoms with Crippen molar-refractivity contribution in [3.8, 4) is 0 Å². The van der Waals surface area contributed by atoms with Gasteiger partial charge in [-0.25, -0.2) is 13.8 Å². The maximum Gasteiger partial charge on any atom is 0.254 e. The second kappa shape index (κ2) is 10.3. The molecule has 0 aliphatic carbocycles. The second-order valence-corrected chi connectivity index (χ2v) is 8.24. The SMILES string of the molecule is CCSc1nc(CCc2ccc(F)cc2)cc(C)c1C(=O)NCc1cccc(F)c1. The molecule has 2 aromatic carbocycles. The van der Waals surface area contributed by atoms with E-state index in [1.165, 1.54) is 36.0 Å². The van der Waals surface area contributed by atoms with Gasteiger partial charge < -0.3 is 5.32 Å². The fourth-order valence-corrected chi connectivity index (χ4v) is 4.05. The summed E-state index contributed by atoms with van der Waals surface area (Å²) in [5, 5.41) is 3.57. The lowest BCUT2D eigenvalue weighted by Gasteiger charge is -2.14. The van der Waals surface area contributed by atoms with E-state index in [2.05, 4.69) is 5.32 Å². The summed E-state index contributed by atoms with van der Waals surface area (Å²) in [7, 11) is 0. The smallest absolute Gasteiger partial charge is 0.254 e. The lowest BCUT2D eigenvalue weighted by Crippen LogP contribution is -2.25. The number of nitrogens with one attached hydrogen (secondary N) is 1. The number of hydrogen-bond acceptors (Lipinski definition) is 3. The number of nitrogens with zero attached hydrogens (tertiary/aromatic N) is 1. The van der Waals surface area contributed by atoms with E-state index in [0.717, 1.165) is 29.0 Å². The van der Waals surface area contributed by atoms with Gasteiger partial charge in [0.1, 0.15) is 16.7 Å². The minimum absolute atomic E-state index is 0.217. The number of carbonyl (C=O) groups is 1. The number of benzene rings is 2. The Morgan fingerprint density at radius 1 is 1.00 bits per heavy atom. The number of rotatable bonds is 8. The Bertz CT molecular complexity index is 1020. The van der Waals surface area contributed by atoms with Gasteiger partial charge in [-0.15, -0.1) is 11.8 Å². The van der Waals surface area contributed by atoms with E-state index >= 15 is 0 Å². The average molecular weight is 427 g/mol. The van der Waals surface area contributed by atoms with Crippen molar-refractivity contribution >= 4 is 17.7 Å². The molecule has 1 heterocycles. The highest BCUT2D eigenvalue weighted by atomic mass is 32.2. The molecular weight excluding hydrogens is 402 g/mol. The predicted molar refractivity (Wildman–Crippen MR) is 117 cm³/mol. The van der Waals surface area contributed by atoms with Gasteiger partial charge in [-0.05, 0) is 72.5 Å². The molecule has 0 aliphatic rings. The van der Waals surface area contributed by atoms with Gasteiger partial charge in [0.25, 0.3) is 5.91 Å². The Morgan fingerprint density at radius 3 is 2.47 bits per heavy atom. The Morgan fingerprint density at radius 2 is 1.77 bits per heavy atom. The highest BCUT2D eigenvalue weighted by molar-refractivity contribution is 7.99. The summed E-state index contributed by atoms with van der Waals surface area (Å²) in [4.78, 5) is 17.6. The Hall–Kier alpha value is -2.73. The van der Waals surface area contributed by atoms with Crippen LogP contribution in [0.25, 0.3) is 0 Å². The van der Waals surface area contributed by atoms with Crippen LogP contribution in [0.15, 0.2) is 59.6 Å². The first-order valence-corrected chi connectivity index (χ1v) is 10.8. The summed E-state index contributed by atoms with van der Waals surface area (Å²) in [6, 6.07) is 14.6. The standard InChI is InChI=1S/C24H24F2N2OS/c1-3-30-24-22(23(29)27-15-18-5-4-6-20(26)14-18)16(2)13-21(28-24)12-9-17-7-10-19(25)11-8-17/h4-8,10-11,13-14H,3,9,12,15H2,1-2H3,(H,27,29). The molecule has 1 aromatic heterocycles. The molecule has 3 nitrogen and oxygen atoms in total. The maximum absolute atomic E-state index is 13.4. The average Bonchev–Trinajstić information content (AvgIpc) is 2.72. The summed E-state index contributed by atoms with van der Waals surface area (Å²) in [5.74, 6) is -0.00141. The van der Waals surface area contributed by atoms with Gasteiger partial charge in [0.05, 0.1) is 5.56 Å². The third-order valence-corrected chi connectivity index (χ3v) is 5.53. The van der Waals surface area contributed by atoms with E-state index in [9.17, 15) is 13.6 Å². The van der Waals surface area contributed by atoms with Gasteiger partial charge in [-0.2, -0.15) is 0 Å². The van der Waals surface area contributed by atoms with E-state index in [1.807, 2.05) is 19.9 Å². The molecule has 0 bridgehead atoms. The van der Waals surface area contributed by atoms with E-state index in [1.54, 1.807) is 24.3 Å². The molecular formula is C24H24F2N2OS. The largest absolute Gasteiger partial charge is 0.348 e. The van der Waals surface area contributed by atoms with E-state index in [-0.39, 0.29) is 24.1 Å². The Kier molecular flexibility index (Phi) is 7.57. The number of carbonyl (C=O) groups excluding carboxylic acids is 1. The normalized spacial score (nSPS) is 10.8. The highest BCUT2D eigenvalue weighted by Gasteiger charge is 2.17. The van der Waals surface area contributed by atoms with Crippen molar-refractivity contribution in [2.24, 2.45) is 0 Å². The molecule has 0 saturated carbocycles. The summed E-state index contributed by atoms with van der Waals surface area (Å²) < 4.78 is 26.4. The number of thioether (sulfide) groups is 1. The van der Waals surface area contributed by atoms with Crippen LogP contribution in [0.4, 0.5) is 8.78 Å². The van der Waals surface area contributed by atoms with Gasteiger partial charge in [0.2, 0.25) is 0 Å². The van der Waals surface area contributed by atoms with Gasteiger partial charge >= 0.3 is 0 Å². The monoisotopic (exact) mass is 426 g/mol. The molecule has 0 unspecified atom stereocenters. The predicted octanol–water partition coefficient (Wildman–Crippen LogP) is 5.50. The van der Waals surface area contributed by atoms with Crippen LogP contribution in [0.3, 0.4) is 0 Å². The number of aryl methyl sites for hydroxylation is 3. The minimum Gasteiger partial charge on any atom is -0.348 e. The van der Waals surface area contributed by atoms with Gasteiger partial charge in [-0.3, -0.25) is 4.79 Å². The molecule has 0 saturated heterocycles. The van der Waals surface area contributed by atoms with Gasteiger partial charge in [-0.1, -0.05) is 31.2 Å². The van der Waals surface area contributed by atoms with E-state index in [0.29, 0.717) is 22.6 Å². The first-order chi connectivity index (χ1) is 14.5. The van der Waals surface area contributed by atoms with Crippen molar-refractivity contribution in [3.05, 3.63) is 94.2 Å². The zero-order chi connectivity index (χ0) is 21.5. The molecule has 1 N–H and O–H groups in total. The topological polar surface area (TPSA) is 42.0 Å².